The van der Waals surface area contributed by atoms with E-state index < -0.39 is 5.97 Å². The molecule has 0 radical (unpaired) electrons. The highest BCUT2D eigenvalue weighted by molar-refractivity contribution is 6.42. The first kappa shape index (κ1) is 12.3. The number of hydrogen-bond donors (Lipinski definition) is 2. The van der Waals surface area contributed by atoms with Crippen molar-refractivity contribution in [2.45, 2.75) is 6.54 Å². The van der Waals surface area contributed by atoms with E-state index in [-0.39, 0.29) is 13.1 Å². The van der Waals surface area contributed by atoms with E-state index in [9.17, 15) is 4.79 Å². The fraction of sp³-hybridized carbons (Fsp3) is 0.222. The lowest BCUT2D eigenvalue weighted by Gasteiger charge is -2.14. The molecule has 0 saturated carbocycles. The number of nitrogens with zero attached hydrogens (tertiary/aromatic N) is 1. The molecule has 0 aliphatic heterocycles. The van der Waals surface area contributed by atoms with Crippen molar-refractivity contribution in [2.24, 2.45) is 5.84 Å². The fourth-order valence-corrected chi connectivity index (χ4v) is 1.50. The monoisotopic (exact) mass is 248 g/mol. The van der Waals surface area contributed by atoms with Crippen molar-refractivity contribution in [2.75, 3.05) is 6.54 Å². The van der Waals surface area contributed by atoms with Gasteiger partial charge in [-0.1, -0.05) is 35.3 Å². The van der Waals surface area contributed by atoms with Crippen molar-refractivity contribution in [3.05, 3.63) is 33.8 Å². The normalized spacial score (nSPS) is 10.7. The lowest BCUT2D eigenvalue weighted by atomic mass is 10.2. The van der Waals surface area contributed by atoms with E-state index >= 15 is 0 Å². The Bertz CT molecular complexity index is 371. The van der Waals surface area contributed by atoms with Gasteiger partial charge in [-0.25, -0.2) is 5.01 Å². The standard InChI is InChI=1S/C9H10Cl2N2O2/c10-7-3-1-2-6(9(7)11)4-13(12)5-8(14)15/h1-3H,4-5,12H2,(H,14,15). The van der Waals surface area contributed by atoms with Crippen molar-refractivity contribution < 1.29 is 9.90 Å². The summed E-state index contributed by atoms with van der Waals surface area (Å²) in [6.45, 7) is -0.00542. The number of carboxylic acids is 1. The van der Waals surface area contributed by atoms with Gasteiger partial charge < -0.3 is 5.11 Å². The van der Waals surface area contributed by atoms with Crippen LogP contribution in [0.25, 0.3) is 0 Å². The molecule has 1 rings (SSSR count). The predicted molar refractivity (Wildman–Crippen MR) is 58.7 cm³/mol. The molecule has 0 heterocycles. The highest BCUT2D eigenvalue weighted by Gasteiger charge is 2.09. The van der Waals surface area contributed by atoms with Crippen LogP contribution in [0.15, 0.2) is 18.2 Å². The third-order valence-electron chi connectivity index (χ3n) is 1.74. The van der Waals surface area contributed by atoms with Crippen LogP contribution in [-0.4, -0.2) is 22.6 Å². The molecule has 0 unspecified atom stereocenters. The lowest BCUT2D eigenvalue weighted by molar-refractivity contribution is -0.138. The molecule has 0 aliphatic carbocycles. The Labute approximate surface area is 97.2 Å². The van der Waals surface area contributed by atoms with Gasteiger partial charge in [-0.3, -0.25) is 10.6 Å². The minimum absolute atomic E-state index is 0.242. The zero-order valence-electron chi connectivity index (χ0n) is 7.78. The summed E-state index contributed by atoms with van der Waals surface area (Å²) in [5.41, 5.74) is 0.702. The lowest BCUT2D eigenvalue weighted by Crippen LogP contribution is -2.35. The van der Waals surface area contributed by atoms with Crippen molar-refractivity contribution in [3.63, 3.8) is 0 Å². The molecule has 0 fully saturated rings. The van der Waals surface area contributed by atoms with Gasteiger partial charge in [-0.05, 0) is 11.6 Å². The second-order valence-corrected chi connectivity index (χ2v) is 3.80. The third kappa shape index (κ3) is 3.68. The molecule has 0 aromatic heterocycles. The van der Waals surface area contributed by atoms with E-state index in [4.69, 9.17) is 34.2 Å². The number of rotatable bonds is 4. The number of aliphatic carboxylic acids is 1. The first-order chi connectivity index (χ1) is 7.00. The Morgan fingerprint density at radius 3 is 2.73 bits per heavy atom. The molecule has 0 aliphatic rings. The Balaban J connectivity index is 2.72. The Morgan fingerprint density at radius 2 is 2.13 bits per heavy atom. The number of benzene rings is 1. The molecule has 3 N–H and O–H groups in total. The van der Waals surface area contributed by atoms with Gasteiger partial charge in [0.1, 0.15) is 6.54 Å². The summed E-state index contributed by atoms with van der Waals surface area (Å²) in [6, 6.07) is 5.14. The first-order valence-electron chi connectivity index (χ1n) is 4.15. The van der Waals surface area contributed by atoms with E-state index in [1.54, 1.807) is 18.2 Å². The van der Waals surface area contributed by atoms with Crippen LogP contribution in [0.4, 0.5) is 0 Å². The number of carbonyl (C=O) groups is 1. The minimum atomic E-state index is -0.990. The Hall–Kier alpha value is -0.810. The molecule has 0 spiro atoms. The van der Waals surface area contributed by atoms with Gasteiger partial charge in [0, 0.05) is 6.54 Å². The summed E-state index contributed by atoms with van der Waals surface area (Å²) in [6.07, 6.45) is 0. The molecule has 0 atom stereocenters. The van der Waals surface area contributed by atoms with Crippen LogP contribution in [0.2, 0.25) is 10.0 Å². The van der Waals surface area contributed by atoms with Gasteiger partial charge >= 0.3 is 5.97 Å². The van der Waals surface area contributed by atoms with E-state index in [2.05, 4.69) is 0 Å². The van der Waals surface area contributed by atoms with Crippen molar-refractivity contribution in [3.8, 4) is 0 Å². The molecule has 4 nitrogen and oxygen atoms in total. The molecular formula is C9H10Cl2N2O2. The molecule has 6 heteroatoms. The maximum absolute atomic E-state index is 10.4. The molecule has 0 amide bonds. The smallest absolute Gasteiger partial charge is 0.319 e. The number of carboxylic acid groups (broad SMARTS) is 1. The summed E-state index contributed by atoms with van der Waals surface area (Å²) in [7, 11) is 0. The summed E-state index contributed by atoms with van der Waals surface area (Å²) >= 11 is 11.7. The maximum Gasteiger partial charge on any atom is 0.319 e. The van der Waals surface area contributed by atoms with Gasteiger partial charge in [0.25, 0.3) is 0 Å². The van der Waals surface area contributed by atoms with Crippen molar-refractivity contribution in [1.82, 2.24) is 5.01 Å². The first-order valence-corrected chi connectivity index (χ1v) is 4.90. The van der Waals surface area contributed by atoms with Crippen LogP contribution >= 0.6 is 23.2 Å². The summed E-state index contributed by atoms with van der Waals surface area (Å²) in [4.78, 5) is 10.4. The van der Waals surface area contributed by atoms with Crippen LogP contribution < -0.4 is 5.84 Å². The van der Waals surface area contributed by atoms with E-state index in [0.29, 0.717) is 15.6 Å². The molecule has 1 aromatic rings. The SMILES string of the molecule is NN(CC(=O)O)Cc1cccc(Cl)c1Cl. The fourth-order valence-electron chi connectivity index (χ4n) is 1.12. The average Bonchev–Trinajstić information content (AvgIpc) is 2.11. The van der Waals surface area contributed by atoms with Crippen molar-refractivity contribution >= 4 is 29.2 Å². The molecular weight excluding hydrogens is 239 g/mol. The van der Waals surface area contributed by atoms with Crippen LogP contribution in [0, 0.1) is 0 Å². The maximum atomic E-state index is 10.4. The van der Waals surface area contributed by atoms with Gasteiger partial charge in [-0.15, -0.1) is 0 Å². The summed E-state index contributed by atoms with van der Waals surface area (Å²) < 4.78 is 0. The van der Waals surface area contributed by atoms with E-state index in [1.165, 1.54) is 0 Å². The second-order valence-electron chi connectivity index (χ2n) is 3.01. The van der Waals surface area contributed by atoms with Crippen LogP contribution in [-0.2, 0) is 11.3 Å². The van der Waals surface area contributed by atoms with Crippen molar-refractivity contribution in [1.29, 1.82) is 0 Å². The van der Waals surface area contributed by atoms with Crippen LogP contribution in [0.1, 0.15) is 5.56 Å². The molecule has 82 valence electrons. The van der Waals surface area contributed by atoms with Gasteiger partial charge in [0.2, 0.25) is 0 Å². The largest absolute Gasteiger partial charge is 0.480 e. The topological polar surface area (TPSA) is 66.6 Å². The molecule has 0 bridgehead atoms. The number of hydrazine groups is 1. The summed E-state index contributed by atoms with van der Waals surface area (Å²) in [5.74, 6) is 4.49. The van der Waals surface area contributed by atoms with E-state index in [1.807, 2.05) is 0 Å². The van der Waals surface area contributed by atoms with Gasteiger partial charge in [-0.2, -0.15) is 0 Å². The summed E-state index contributed by atoms with van der Waals surface area (Å²) in [5, 5.41) is 10.5. The third-order valence-corrected chi connectivity index (χ3v) is 2.60. The van der Waals surface area contributed by atoms with Crippen LogP contribution in [0.5, 0.6) is 0 Å². The number of hydrogen-bond acceptors (Lipinski definition) is 3. The zero-order valence-corrected chi connectivity index (χ0v) is 9.29. The minimum Gasteiger partial charge on any atom is -0.480 e. The second kappa shape index (κ2) is 5.32. The Morgan fingerprint density at radius 1 is 1.47 bits per heavy atom. The van der Waals surface area contributed by atoms with Crippen LogP contribution in [0.3, 0.4) is 0 Å². The predicted octanol–water partition coefficient (Wildman–Crippen LogP) is 1.75. The quantitative estimate of drug-likeness (QED) is 0.630. The van der Waals surface area contributed by atoms with Gasteiger partial charge in [0.15, 0.2) is 0 Å². The molecule has 15 heavy (non-hydrogen) atoms. The zero-order chi connectivity index (χ0) is 11.4. The highest BCUT2D eigenvalue weighted by atomic mass is 35.5. The molecule has 1 aromatic carbocycles. The van der Waals surface area contributed by atoms with E-state index in [0.717, 1.165) is 5.01 Å². The number of halogens is 2. The molecule has 0 saturated heterocycles. The highest BCUT2D eigenvalue weighted by Crippen LogP contribution is 2.25. The number of nitrogens with two attached hydrogens (primary N) is 1. The average molecular weight is 249 g/mol. The Kier molecular flexibility index (Phi) is 4.35. The van der Waals surface area contributed by atoms with Gasteiger partial charge in [0.05, 0.1) is 10.0 Å².